The molecule has 0 radical (unpaired) electrons. The van der Waals surface area contributed by atoms with Crippen molar-refractivity contribution < 1.29 is 4.79 Å². The van der Waals surface area contributed by atoms with Crippen molar-refractivity contribution in [2.75, 3.05) is 0 Å². The summed E-state index contributed by atoms with van der Waals surface area (Å²) >= 11 is 6.26. The number of unbranched alkanes of at least 4 members (excludes halogenated alkanes) is 1. The molecule has 1 amide bonds. The monoisotopic (exact) mass is 201 g/mol. The van der Waals surface area contributed by atoms with Crippen LogP contribution in [0.15, 0.2) is 12.2 Å². The Morgan fingerprint density at radius 3 is 3.00 bits per heavy atom. The summed E-state index contributed by atoms with van der Waals surface area (Å²) in [4.78, 5) is 11.1. The van der Waals surface area contributed by atoms with Crippen LogP contribution in [0.4, 0.5) is 0 Å². The summed E-state index contributed by atoms with van der Waals surface area (Å²) in [5.74, 6) is 0.0114. The fraction of sp³-hybridized carbons (Fsp3) is 0.500. The average Bonchev–Trinajstić information content (AvgIpc) is 2.31. The van der Waals surface area contributed by atoms with Crippen molar-refractivity contribution in [1.29, 1.82) is 0 Å². The van der Waals surface area contributed by atoms with Gasteiger partial charge in [-0.25, -0.2) is 0 Å². The quantitative estimate of drug-likeness (QED) is 0.558. The van der Waals surface area contributed by atoms with Crippen molar-refractivity contribution in [1.82, 2.24) is 5.32 Å². The zero-order valence-corrected chi connectivity index (χ0v) is 8.50. The van der Waals surface area contributed by atoms with E-state index in [0.29, 0.717) is 4.32 Å². The van der Waals surface area contributed by atoms with Crippen molar-refractivity contribution in [3.8, 4) is 0 Å². The molecular weight excluding hydrogens is 190 g/mol. The fourth-order valence-corrected chi connectivity index (χ4v) is 2.04. The number of hydrogen-bond acceptors (Lipinski definition) is 3. The number of thiocarbonyl (C=S) groups is 1. The van der Waals surface area contributed by atoms with Gasteiger partial charge in [0.15, 0.2) is 0 Å². The van der Waals surface area contributed by atoms with Gasteiger partial charge in [-0.15, -0.1) is 0 Å². The Bertz CT molecular complexity index is 225. The molecule has 1 unspecified atom stereocenters. The lowest BCUT2D eigenvalue weighted by Gasteiger charge is -1.94. The van der Waals surface area contributed by atoms with Gasteiger partial charge < -0.3 is 5.32 Å². The van der Waals surface area contributed by atoms with Gasteiger partial charge in [0.25, 0.3) is 0 Å². The molecule has 0 spiro atoms. The van der Waals surface area contributed by atoms with E-state index >= 15 is 0 Å². The summed E-state index contributed by atoms with van der Waals surface area (Å²) in [6, 6.07) is 0. The van der Waals surface area contributed by atoms with Gasteiger partial charge >= 0.3 is 0 Å². The van der Waals surface area contributed by atoms with Crippen molar-refractivity contribution in [2.24, 2.45) is 0 Å². The summed E-state index contributed by atoms with van der Waals surface area (Å²) in [5.41, 5.74) is 0. The van der Waals surface area contributed by atoms with Crippen molar-refractivity contribution in [2.45, 2.75) is 25.0 Å². The molecule has 1 atom stereocenters. The molecule has 0 saturated carbocycles. The molecule has 0 aromatic carbocycles. The Kier molecular flexibility index (Phi) is 3.75. The third-order valence-corrected chi connectivity index (χ3v) is 2.82. The first-order chi connectivity index (χ1) is 5.74. The predicted molar refractivity (Wildman–Crippen MR) is 56.2 cm³/mol. The van der Waals surface area contributed by atoms with E-state index in [2.05, 4.69) is 12.2 Å². The second-order valence-corrected chi connectivity index (χ2v) is 4.35. The van der Waals surface area contributed by atoms with E-state index in [-0.39, 0.29) is 11.2 Å². The molecule has 2 nitrogen and oxygen atoms in total. The largest absolute Gasteiger partial charge is 0.310 e. The molecule has 0 bridgehead atoms. The van der Waals surface area contributed by atoms with Crippen LogP contribution < -0.4 is 5.32 Å². The minimum absolute atomic E-state index is 0.0114. The highest BCUT2D eigenvalue weighted by atomic mass is 32.2. The summed E-state index contributed by atoms with van der Waals surface area (Å²) in [6.45, 7) is 2.11. The number of rotatable bonds is 3. The highest BCUT2D eigenvalue weighted by molar-refractivity contribution is 8.24. The van der Waals surface area contributed by atoms with E-state index in [1.165, 1.54) is 11.8 Å². The van der Waals surface area contributed by atoms with Crippen LogP contribution in [-0.4, -0.2) is 15.5 Å². The molecule has 1 fully saturated rings. The van der Waals surface area contributed by atoms with E-state index < -0.39 is 0 Å². The van der Waals surface area contributed by atoms with Gasteiger partial charge in [-0.2, -0.15) is 0 Å². The van der Waals surface area contributed by atoms with E-state index in [1.54, 1.807) is 0 Å². The van der Waals surface area contributed by atoms with Crippen LogP contribution in [-0.2, 0) is 4.79 Å². The minimum atomic E-state index is -0.0935. The molecule has 66 valence electrons. The highest BCUT2D eigenvalue weighted by Crippen LogP contribution is 2.20. The number of carbonyl (C=O) groups is 1. The Morgan fingerprint density at radius 2 is 2.50 bits per heavy atom. The van der Waals surface area contributed by atoms with E-state index in [1.807, 2.05) is 12.2 Å². The van der Waals surface area contributed by atoms with Crippen LogP contribution in [0.3, 0.4) is 0 Å². The lowest BCUT2D eigenvalue weighted by Crippen LogP contribution is -2.22. The maximum Gasteiger partial charge on any atom is 0.242 e. The first-order valence-electron chi connectivity index (χ1n) is 3.92. The molecule has 0 aliphatic carbocycles. The lowest BCUT2D eigenvalue weighted by atomic mass is 10.3. The first-order valence-corrected chi connectivity index (χ1v) is 5.21. The maximum atomic E-state index is 11.1. The Labute approximate surface area is 81.8 Å². The SMILES string of the molecule is CCC/C=C/C1SC(=S)NC1=O. The molecule has 0 aromatic heterocycles. The molecular formula is C8H11NOS2. The standard InChI is InChI=1S/C8H11NOS2/c1-2-3-4-5-6-7(10)9-8(11)12-6/h4-6H,2-3H2,1H3,(H,9,10,11)/b5-4+. The van der Waals surface area contributed by atoms with Gasteiger partial charge in [-0.05, 0) is 6.42 Å². The van der Waals surface area contributed by atoms with E-state index in [0.717, 1.165) is 12.8 Å². The van der Waals surface area contributed by atoms with Gasteiger partial charge in [0, 0.05) is 0 Å². The second-order valence-electron chi connectivity index (χ2n) is 2.53. The Hall–Kier alpha value is -0.350. The zero-order chi connectivity index (χ0) is 8.97. The van der Waals surface area contributed by atoms with Crippen LogP contribution in [0, 0.1) is 0 Å². The van der Waals surface area contributed by atoms with E-state index in [4.69, 9.17) is 12.2 Å². The van der Waals surface area contributed by atoms with Gasteiger partial charge in [0.1, 0.15) is 9.57 Å². The van der Waals surface area contributed by atoms with Gasteiger partial charge in [0.2, 0.25) is 5.91 Å². The third kappa shape index (κ3) is 2.60. The van der Waals surface area contributed by atoms with Crippen LogP contribution >= 0.6 is 24.0 Å². The first kappa shape index (κ1) is 9.74. The summed E-state index contributed by atoms with van der Waals surface area (Å²) in [5, 5.41) is 2.50. The molecule has 1 N–H and O–H groups in total. The number of allylic oxidation sites excluding steroid dienone is 1. The van der Waals surface area contributed by atoms with Crippen LogP contribution in [0.5, 0.6) is 0 Å². The number of hydrogen-bond donors (Lipinski definition) is 1. The molecule has 1 saturated heterocycles. The highest BCUT2D eigenvalue weighted by Gasteiger charge is 2.25. The Balaban J connectivity index is 2.42. The maximum absolute atomic E-state index is 11.1. The zero-order valence-electron chi connectivity index (χ0n) is 6.87. The summed E-state index contributed by atoms with van der Waals surface area (Å²) in [7, 11) is 0. The molecule has 1 aliphatic heterocycles. The van der Waals surface area contributed by atoms with Gasteiger partial charge in [-0.3, -0.25) is 4.79 Å². The molecule has 1 rings (SSSR count). The molecule has 0 aromatic rings. The van der Waals surface area contributed by atoms with Gasteiger partial charge in [-0.1, -0.05) is 49.5 Å². The Morgan fingerprint density at radius 1 is 1.75 bits per heavy atom. The number of nitrogens with one attached hydrogen (secondary N) is 1. The summed E-state index contributed by atoms with van der Waals surface area (Å²) < 4.78 is 0.589. The fourth-order valence-electron chi connectivity index (χ4n) is 0.883. The van der Waals surface area contributed by atoms with Crippen LogP contribution in [0.1, 0.15) is 19.8 Å². The van der Waals surface area contributed by atoms with Crippen molar-refractivity contribution in [3.05, 3.63) is 12.2 Å². The smallest absolute Gasteiger partial charge is 0.242 e. The van der Waals surface area contributed by atoms with Crippen molar-refractivity contribution in [3.63, 3.8) is 0 Å². The average molecular weight is 201 g/mol. The normalized spacial score (nSPS) is 23.6. The third-order valence-electron chi connectivity index (χ3n) is 1.48. The molecule has 1 aliphatic rings. The lowest BCUT2D eigenvalue weighted by molar-refractivity contribution is -0.118. The van der Waals surface area contributed by atoms with Crippen LogP contribution in [0.2, 0.25) is 0 Å². The molecule has 1 heterocycles. The molecule has 12 heavy (non-hydrogen) atoms. The van der Waals surface area contributed by atoms with Gasteiger partial charge in [0.05, 0.1) is 0 Å². The van der Waals surface area contributed by atoms with Crippen LogP contribution in [0.25, 0.3) is 0 Å². The van der Waals surface area contributed by atoms with E-state index in [9.17, 15) is 4.79 Å². The second kappa shape index (κ2) is 4.62. The molecule has 4 heteroatoms. The van der Waals surface area contributed by atoms with Crippen molar-refractivity contribution >= 4 is 34.2 Å². The number of amides is 1. The predicted octanol–water partition coefficient (Wildman–Crippen LogP) is 1.86. The topological polar surface area (TPSA) is 29.1 Å². The number of thioether (sulfide) groups is 1. The summed E-state index contributed by atoms with van der Waals surface area (Å²) in [6.07, 6.45) is 6.09. The minimum Gasteiger partial charge on any atom is -0.310 e. The number of carbonyl (C=O) groups excluding carboxylic acids is 1.